The number of hydrogen-bond donors (Lipinski definition) is 2. The smallest absolute Gasteiger partial charge is 0.267 e. The topological polar surface area (TPSA) is 91.9 Å². The number of imidazole rings is 1. The molecule has 0 spiro atoms. The van der Waals surface area contributed by atoms with Crippen molar-refractivity contribution in [2.75, 3.05) is 0 Å². The second-order valence-corrected chi connectivity index (χ2v) is 7.45. The first-order valence-corrected chi connectivity index (χ1v) is 8.70. The fraction of sp³-hybridized carbons (Fsp3) is 0.429. The van der Waals surface area contributed by atoms with Crippen molar-refractivity contribution in [3.8, 4) is 0 Å². The molecule has 8 heteroatoms. The highest BCUT2D eigenvalue weighted by Crippen LogP contribution is 2.23. The van der Waals surface area contributed by atoms with E-state index in [9.17, 15) is 17.6 Å². The van der Waals surface area contributed by atoms with E-state index in [-0.39, 0.29) is 5.56 Å². The van der Waals surface area contributed by atoms with Gasteiger partial charge in [0.15, 0.2) is 0 Å². The number of halogens is 1. The Kier molecular flexibility index (Phi) is 3.86. The van der Waals surface area contributed by atoms with Gasteiger partial charge in [0.25, 0.3) is 5.91 Å². The summed E-state index contributed by atoms with van der Waals surface area (Å²) in [5, 5.41) is -0.581. The number of sulfonamides is 1. The highest BCUT2D eigenvalue weighted by atomic mass is 32.2. The Balaban J connectivity index is 1.84. The number of carbonyl (C=O) groups excluding carboxylic acids is 1. The van der Waals surface area contributed by atoms with Crippen LogP contribution in [0, 0.1) is 5.82 Å². The van der Waals surface area contributed by atoms with Gasteiger partial charge in [-0.15, -0.1) is 0 Å². The van der Waals surface area contributed by atoms with Crippen molar-refractivity contribution in [2.24, 2.45) is 0 Å². The van der Waals surface area contributed by atoms with Crippen LogP contribution in [-0.2, 0) is 10.0 Å². The van der Waals surface area contributed by atoms with E-state index >= 15 is 0 Å². The summed E-state index contributed by atoms with van der Waals surface area (Å²) in [5.74, 6) is -1.74. The van der Waals surface area contributed by atoms with Gasteiger partial charge < -0.3 is 4.98 Å². The average molecular weight is 325 g/mol. The summed E-state index contributed by atoms with van der Waals surface area (Å²) < 4.78 is 40.4. The van der Waals surface area contributed by atoms with Crippen molar-refractivity contribution in [1.29, 1.82) is 0 Å². The third kappa shape index (κ3) is 2.83. The number of H-pyrrole nitrogens is 1. The number of hydrogen-bond acceptors (Lipinski definition) is 4. The summed E-state index contributed by atoms with van der Waals surface area (Å²) in [7, 11) is -3.78. The number of nitrogens with one attached hydrogen (secondary N) is 2. The summed E-state index contributed by atoms with van der Waals surface area (Å²) in [5.41, 5.74) is 0.532. The lowest BCUT2D eigenvalue weighted by atomic mass is 10.0. The van der Waals surface area contributed by atoms with Crippen LogP contribution in [0.15, 0.2) is 18.5 Å². The molecule has 6 nitrogen and oxygen atoms in total. The molecule has 2 aromatic rings. The second-order valence-electron chi connectivity index (χ2n) is 5.49. The van der Waals surface area contributed by atoms with E-state index in [2.05, 4.69) is 9.97 Å². The number of amides is 1. The number of aromatic amines is 1. The van der Waals surface area contributed by atoms with Crippen LogP contribution in [0.5, 0.6) is 0 Å². The Morgan fingerprint density at radius 2 is 2.00 bits per heavy atom. The van der Waals surface area contributed by atoms with Gasteiger partial charge >= 0.3 is 0 Å². The number of carbonyl (C=O) groups is 1. The zero-order chi connectivity index (χ0) is 15.7. The van der Waals surface area contributed by atoms with Crippen LogP contribution in [0.25, 0.3) is 11.0 Å². The molecule has 0 bridgehead atoms. The van der Waals surface area contributed by atoms with Crippen LogP contribution < -0.4 is 4.72 Å². The summed E-state index contributed by atoms with van der Waals surface area (Å²) in [6, 6.07) is 2.37. The summed E-state index contributed by atoms with van der Waals surface area (Å²) in [6.45, 7) is 0. The normalized spacial score (nSPS) is 16.8. The monoisotopic (exact) mass is 325 g/mol. The molecule has 0 unspecified atom stereocenters. The molecule has 3 rings (SSSR count). The third-order valence-corrected chi connectivity index (χ3v) is 5.80. The summed E-state index contributed by atoms with van der Waals surface area (Å²) >= 11 is 0. The van der Waals surface area contributed by atoms with E-state index in [1.165, 1.54) is 12.4 Å². The molecule has 1 amide bonds. The molecule has 0 atom stereocenters. The van der Waals surface area contributed by atoms with E-state index in [1.54, 1.807) is 0 Å². The van der Waals surface area contributed by atoms with Crippen molar-refractivity contribution in [2.45, 2.75) is 37.4 Å². The molecule has 22 heavy (non-hydrogen) atoms. The van der Waals surface area contributed by atoms with Crippen molar-refractivity contribution in [3.05, 3.63) is 29.8 Å². The van der Waals surface area contributed by atoms with Crippen molar-refractivity contribution >= 4 is 27.0 Å². The van der Waals surface area contributed by atoms with Gasteiger partial charge in [-0.25, -0.2) is 22.5 Å². The molecular weight excluding hydrogens is 309 g/mol. The van der Waals surface area contributed by atoms with Crippen LogP contribution >= 0.6 is 0 Å². The largest absolute Gasteiger partial charge is 0.345 e. The molecule has 1 fully saturated rings. The van der Waals surface area contributed by atoms with Gasteiger partial charge in [0.1, 0.15) is 5.82 Å². The van der Waals surface area contributed by atoms with Crippen LogP contribution in [0.3, 0.4) is 0 Å². The van der Waals surface area contributed by atoms with E-state index in [4.69, 9.17) is 0 Å². The fourth-order valence-corrected chi connectivity index (χ4v) is 4.26. The van der Waals surface area contributed by atoms with E-state index < -0.39 is 27.0 Å². The Bertz CT molecular complexity index is 810. The number of aromatic nitrogens is 2. The third-order valence-electron chi connectivity index (χ3n) is 3.98. The fourth-order valence-electron chi connectivity index (χ4n) is 2.77. The lowest BCUT2D eigenvalue weighted by molar-refractivity contribution is 0.0977. The van der Waals surface area contributed by atoms with Gasteiger partial charge in [0, 0.05) is 6.07 Å². The molecule has 118 valence electrons. The van der Waals surface area contributed by atoms with E-state index in [0.717, 1.165) is 25.3 Å². The molecule has 0 aliphatic heterocycles. The average Bonchev–Trinajstić information content (AvgIpc) is 2.94. The maximum Gasteiger partial charge on any atom is 0.267 e. The second kappa shape index (κ2) is 5.68. The summed E-state index contributed by atoms with van der Waals surface area (Å²) in [6.07, 6.45) is 5.10. The number of fused-ring (bicyclic) bond motifs is 1. The van der Waals surface area contributed by atoms with E-state index in [1.807, 2.05) is 4.72 Å². The lowest BCUT2D eigenvalue weighted by Gasteiger charge is -2.21. The first kappa shape index (κ1) is 15.0. The maximum atomic E-state index is 14.0. The van der Waals surface area contributed by atoms with Crippen LogP contribution in [0.1, 0.15) is 42.5 Å². The molecule has 0 saturated heterocycles. The van der Waals surface area contributed by atoms with Crippen LogP contribution in [0.2, 0.25) is 0 Å². The van der Waals surface area contributed by atoms with Gasteiger partial charge in [-0.3, -0.25) is 4.79 Å². The molecular formula is C14H16FN3O3S. The Labute approximate surface area is 127 Å². The number of rotatable bonds is 3. The zero-order valence-corrected chi connectivity index (χ0v) is 12.6. The minimum atomic E-state index is -3.78. The number of benzene rings is 1. The Morgan fingerprint density at radius 3 is 2.73 bits per heavy atom. The van der Waals surface area contributed by atoms with Gasteiger partial charge in [-0.1, -0.05) is 19.3 Å². The van der Waals surface area contributed by atoms with Gasteiger partial charge in [-0.05, 0) is 18.9 Å². The first-order valence-electron chi connectivity index (χ1n) is 7.16. The SMILES string of the molecule is O=C(NS(=O)(=O)C1CCCCC1)c1cc2nc[nH]c2cc1F. The van der Waals surface area contributed by atoms with E-state index in [0.29, 0.717) is 23.9 Å². The Hall–Kier alpha value is -1.96. The highest BCUT2D eigenvalue weighted by molar-refractivity contribution is 7.90. The molecule has 1 heterocycles. The van der Waals surface area contributed by atoms with Crippen LogP contribution in [-0.4, -0.2) is 29.5 Å². The number of nitrogens with zero attached hydrogens (tertiary/aromatic N) is 1. The minimum Gasteiger partial charge on any atom is -0.345 e. The highest BCUT2D eigenvalue weighted by Gasteiger charge is 2.29. The van der Waals surface area contributed by atoms with Crippen molar-refractivity contribution in [1.82, 2.24) is 14.7 Å². The summed E-state index contributed by atoms with van der Waals surface area (Å²) in [4.78, 5) is 18.8. The predicted molar refractivity (Wildman–Crippen MR) is 79.3 cm³/mol. The molecule has 1 aliphatic carbocycles. The standard InChI is InChI=1S/C14H16FN3O3S/c15-11-7-13-12(16-8-17-13)6-10(11)14(19)18-22(20,21)9-4-2-1-3-5-9/h6-9H,1-5H2,(H,16,17)(H,18,19). The van der Waals surface area contributed by atoms with Gasteiger partial charge in [-0.2, -0.15) is 0 Å². The van der Waals surface area contributed by atoms with Gasteiger partial charge in [0.2, 0.25) is 10.0 Å². The van der Waals surface area contributed by atoms with Crippen molar-refractivity contribution < 1.29 is 17.6 Å². The molecule has 2 N–H and O–H groups in total. The molecule has 0 radical (unpaired) electrons. The van der Waals surface area contributed by atoms with Crippen molar-refractivity contribution in [3.63, 3.8) is 0 Å². The van der Waals surface area contributed by atoms with Crippen LogP contribution in [0.4, 0.5) is 4.39 Å². The zero-order valence-electron chi connectivity index (χ0n) is 11.8. The minimum absolute atomic E-state index is 0.320. The maximum absolute atomic E-state index is 14.0. The predicted octanol–water partition coefficient (Wildman–Crippen LogP) is 2.09. The molecule has 1 aromatic heterocycles. The molecule has 1 aromatic carbocycles. The van der Waals surface area contributed by atoms with Gasteiger partial charge in [0.05, 0.1) is 28.2 Å². The first-order chi connectivity index (χ1) is 10.5. The molecule has 1 aliphatic rings. The Morgan fingerprint density at radius 1 is 1.27 bits per heavy atom. The molecule has 1 saturated carbocycles. The lowest BCUT2D eigenvalue weighted by Crippen LogP contribution is -2.39. The quantitative estimate of drug-likeness (QED) is 0.904.